The predicted octanol–water partition coefficient (Wildman–Crippen LogP) is 2.85. The van der Waals surface area contributed by atoms with Gasteiger partial charge in [0.15, 0.2) is 0 Å². The zero-order chi connectivity index (χ0) is 22.0. The number of urea groups is 1. The van der Waals surface area contributed by atoms with Gasteiger partial charge in [-0.15, -0.1) is 0 Å². The average Bonchev–Trinajstić information content (AvgIpc) is 2.79. The molecule has 8 nitrogen and oxygen atoms in total. The summed E-state index contributed by atoms with van der Waals surface area (Å²) < 4.78 is 10.5. The van der Waals surface area contributed by atoms with Crippen LogP contribution in [0.2, 0.25) is 0 Å². The predicted molar refractivity (Wildman–Crippen MR) is 116 cm³/mol. The van der Waals surface area contributed by atoms with Crippen molar-refractivity contribution in [2.75, 3.05) is 33.3 Å². The van der Waals surface area contributed by atoms with Gasteiger partial charge in [-0.25, -0.2) is 9.59 Å². The molecule has 0 radical (unpaired) electrons. The van der Waals surface area contributed by atoms with Crippen molar-refractivity contribution in [3.8, 4) is 5.75 Å². The monoisotopic (exact) mass is 427 g/mol. The first-order chi connectivity index (χ1) is 14.9. The van der Waals surface area contributed by atoms with Crippen molar-refractivity contribution >= 4 is 22.9 Å². The molecular formula is C23H29N3O5. The van der Waals surface area contributed by atoms with Crippen molar-refractivity contribution in [1.29, 1.82) is 0 Å². The Bertz CT molecular complexity index is 1020. The second kappa shape index (κ2) is 8.99. The SMILES string of the molecule is COc1ccc2cc(C(=O)N3CCN(C(=O)NC4CCC(C)CC4)CC3)c(=O)oc2c1. The van der Waals surface area contributed by atoms with Crippen molar-refractivity contribution < 1.29 is 18.7 Å². The molecule has 1 N–H and O–H groups in total. The van der Waals surface area contributed by atoms with E-state index < -0.39 is 5.63 Å². The first kappa shape index (κ1) is 21.2. The maximum atomic E-state index is 12.9. The summed E-state index contributed by atoms with van der Waals surface area (Å²) in [4.78, 5) is 41.3. The molecule has 31 heavy (non-hydrogen) atoms. The third-order valence-electron chi connectivity index (χ3n) is 6.37. The molecule has 1 aromatic carbocycles. The quantitative estimate of drug-likeness (QED) is 0.761. The first-order valence-electron chi connectivity index (χ1n) is 10.9. The fourth-order valence-corrected chi connectivity index (χ4v) is 4.32. The molecule has 4 rings (SSSR count). The van der Waals surface area contributed by atoms with Gasteiger partial charge in [-0.2, -0.15) is 0 Å². The third kappa shape index (κ3) is 4.68. The number of hydrogen-bond acceptors (Lipinski definition) is 5. The maximum absolute atomic E-state index is 12.9. The van der Waals surface area contributed by atoms with Crippen molar-refractivity contribution in [3.05, 3.63) is 40.2 Å². The lowest BCUT2D eigenvalue weighted by Gasteiger charge is -2.36. The first-order valence-corrected chi connectivity index (χ1v) is 10.9. The molecule has 1 aromatic heterocycles. The average molecular weight is 428 g/mol. The lowest BCUT2D eigenvalue weighted by atomic mass is 9.87. The van der Waals surface area contributed by atoms with Gasteiger partial charge in [0.05, 0.1) is 7.11 Å². The number of nitrogens with one attached hydrogen (secondary N) is 1. The van der Waals surface area contributed by atoms with Gasteiger partial charge in [0.2, 0.25) is 0 Å². The molecule has 166 valence electrons. The number of nitrogens with zero attached hydrogens (tertiary/aromatic N) is 2. The van der Waals surface area contributed by atoms with E-state index in [-0.39, 0.29) is 23.5 Å². The number of fused-ring (bicyclic) bond motifs is 1. The Kier molecular flexibility index (Phi) is 6.15. The van der Waals surface area contributed by atoms with Crippen LogP contribution in [0.4, 0.5) is 4.79 Å². The fourth-order valence-electron chi connectivity index (χ4n) is 4.32. The second-order valence-electron chi connectivity index (χ2n) is 8.54. The van der Waals surface area contributed by atoms with Crippen LogP contribution in [0.3, 0.4) is 0 Å². The van der Waals surface area contributed by atoms with Crippen molar-refractivity contribution in [1.82, 2.24) is 15.1 Å². The Balaban J connectivity index is 1.37. The van der Waals surface area contributed by atoms with Crippen LogP contribution in [0, 0.1) is 5.92 Å². The van der Waals surface area contributed by atoms with Crippen LogP contribution < -0.4 is 15.7 Å². The fraction of sp³-hybridized carbons (Fsp3) is 0.522. The molecule has 0 atom stereocenters. The molecular weight excluding hydrogens is 398 g/mol. The third-order valence-corrected chi connectivity index (χ3v) is 6.37. The summed E-state index contributed by atoms with van der Waals surface area (Å²) in [5.74, 6) is 0.942. The molecule has 1 aliphatic carbocycles. The van der Waals surface area contributed by atoms with E-state index in [2.05, 4.69) is 12.2 Å². The number of carbonyl (C=O) groups is 2. The van der Waals surface area contributed by atoms with Crippen LogP contribution in [-0.4, -0.2) is 61.1 Å². The smallest absolute Gasteiger partial charge is 0.349 e. The lowest BCUT2D eigenvalue weighted by molar-refractivity contribution is 0.0658. The highest BCUT2D eigenvalue weighted by molar-refractivity contribution is 5.97. The van der Waals surface area contributed by atoms with Crippen molar-refractivity contribution in [3.63, 3.8) is 0 Å². The Morgan fingerprint density at radius 2 is 1.71 bits per heavy atom. The number of ether oxygens (including phenoxy) is 1. The van der Waals surface area contributed by atoms with Gasteiger partial charge in [0.1, 0.15) is 16.9 Å². The number of methoxy groups -OCH3 is 1. The van der Waals surface area contributed by atoms with Gasteiger partial charge in [-0.3, -0.25) is 4.79 Å². The second-order valence-corrected chi connectivity index (χ2v) is 8.54. The zero-order valence-corrected chi connectivity index (χ0v) is 18.1. The summed E-state index contributed by atoms with van der Waals surface area (Å²) in [7, 11) is 1.53. The van der Waals surface area contributed by atoms with Gasteiger partial charge in [-0.05, 0) is 49.8 Å². The Hall–Kier alpha value is -3.03. The molecule has 1 saturated carbocycles. The minimum Gasteiger partial charge on any atom is -0.497 e. The number of piperazine rings is 1. The lowest BCUT2D eigenvalue weighted by Crippen LogP contribution is -2.55. The maximum Gasteiger partial charge on any atom is 0.349 e. The van der Waals surface area contributed by atoms with E-state index in [0.717, 1.165) is 31.6 Å². The van der Waals surface area contributed by atoms with E-state index in [1.54, 1.807) is 34.1 Å². The molecule has 2 aromatic rings. The molecule has 8 heteroatoms. The number of carbonyl (C=O) groups excluding carboxylic acids is 2. The van der Waals surface area contributed by atoms with Crippen LogP contribution >= 0.6 is 0 Å². The summed E-state index contributed by atoms with van der Waals surface area (Å²) in [5, 5.41) is 3.79. The van der Waals surface area contributed by atoms with E-state index in [1.165, 1.54) is 7.11 Å². The van der Waals surface area contributed by atoms with Crippen molar-refractivity contribution in [2.24, 2.45) is 5.92 Å². The molecule has 2 heterocycles. The molecule has 2 aliphatic rings. The minimum atomic E-state index is -0.669. The highest BCUT2D eigenvalue weighted by Gasteiger charge is 2.28. The Labute approximate surface area is 181 Å². The van der Waals surface area contributed by atoms with E-state index >= 15 is 0 Å². The number of amides is 3. The highest BCUT2D eigenvalue weighted by atomic mass is 16.5. The molecule has 0 unspecified atom stereocenters. The molecule has 3 amide bonds. The zero-order valence-electron chi connectivity index (χ0n) is 18.1. The molecule has 0 bridgehead atoms. The van der Waals surface area contributed by atoms with E-state index in [1.807, 2.05) is 0 Å². The number of benzene rings is 1. The summed E-state index contributed by atoms with van der Waals surface area (Å²) in [6.07, 6.45) is 4.34. The molecule has 0 spiro atoms. The number of hydrogen-bond donors (Lipinski definition) is 1. The Morgan fingerprint density at radius 3 is 2.39 bits per heavy atom. The van der Waals surface area contributed by atoms with E-state index in [9.17, 15) is 14.4 Å². The summed E-state index contributed by atoms with van der Waals surface area (Å²) in [5.41, 5.74) is -0.288. The summed E-state index contributed by atoms with van der Waals surface area (Å²) in [6.45, 7) is 3.90. The highest BCUT2D eigenvalue weighted by Crippen LogP contribution is 2.24. The van der Waals surface area contributed by atoms with Crippen LogP contribution in [0.15, 0.2) is 33.5 Å². The van der Waals surface area contributed by atoms with Crippen LogP contribution in [0.25, 0.3) is 11.0 Å². The van der Waals surface area contributed by atoms with Gasteiger partial charge in [-0.1, -0.05) is 6.92 Å². The molecule has 1 saturated heterocycles. The largest absolute Gasteiger partial charge is 0.497 e. The van der Waals surface area contributed by atoms with E-state index in [4.69, 9.17) is 9.15 Å². The van der Waals surface area contributed by atoms with Crippen LogP contribution in [0.5, 0.6) is 5.75 Å². The number of rotatable bonds is 3. The molecule has 1 aliphatic heterocycles. The summed E-state index contributed by atoms with van der Waals surface area (Å²) >= 11 is 0. The van der Waals surface area contributed by atoms with Gasteiger partial charge in [0.25, 0.3) is 5.91 Å². The molecule has 2 fully saturated rings. The van der Waals surface area contributed by atoms with Crippen LogP contribution in [0.1, 0.15) is 43.0 Å². The van der Waals surface area contributed by atoms with E-state index in [0.29, 0.717) is 42.9 Å². The van der Waals surface area contributed by atoms with Gasteiger partial charge < -0.3 is 24.3 Å². The Morgan fingerprint density at radius 1 is 1.03 bits per heavy atom. The van der Waals surface area contributed by atoms with Crippen molar-refractivity contribution in [2.45, 2.75) is 38.6 Å². The minimum absolute atomic E-state index is 0.00638. The standard InChI is InChI=1S/C23H29N3O5/c1-15-3-6-17(7-4-15)24-23(29)26-11-9-25(10-12-26)21(27)19-13-16-5-8-18(30-2)14-20(16)31-22(19)28/h5,8,13-15,17H,3-4,6-7,9-12H2,1-2H3,(H,24,29). The normalized spacial score (nSPS) is 21.7. The topological polar surface area (TPSA) is 92.1 Å². The van der Waals surface area contributed by atoms with Gasteiger partial charge >= 0.3 is 11.7 Å². The summed E-state index contributed by atoms with van der Waals surface area (Å²) in [6, 6.07) is 6.86. The van der Waals surface area contributed by atoms with Gasteiger partial charge in [0, 0.05) is 43.7 Å². The van der Waals surface area contributed by atoms with Crippen LogP contribution in [-0.2, 0) is 0 Å².